The molecule has 7 heteroatoms. The predicted octanol–water partition coefficient (Wildman–Crippen LogP) is 0.162. The third kappa shape index (κ3) is 6.32. The van der Waals surface area contributed by atoms with Crippen molar-refractivity contribution in [3.63, 3.8) is 0 Å². The van der Waals surface area contributed by atoms with Gasteiger partial charge < -0.3 is 5.32 Å². The van der Waals surface area contributed by atoms with Crippen molar-refractivity contribution in [1.29, 1.82) is 0 Å². The minimum absolute atomic E-state index is 0.0890. The van der Waals surface area contributed by atoms with E-state index >= 15 is 0 Å². The largest absolute Gasteiger partial charge is 0.352 e. The van der Waals surface area contributed by atoms with Gasteiger partial charge in [-0.05, 0) is 51.0 Å². The summed E-state index contributed by atoms with van der Waals surface area (Å²) in [5, 5.41) is 3.07. The standard InChI is InChI=1S/C14H27N3O3S/c1-11(13-5-6-13)16-14(18)10-17-7-3-4-12(9-17)8-15-21(2,19)20/h11-13,15H,3-10H2,1-2H3,(H,16,18). The maximum absolute atomic E-state index is 12.0. The molecule has 1 heterocycles. The first-order valence-electron chi connectivity index (χ1n) is 7.80. The van der Waals surface area contributed by atoms with Gasteiger partial charge in [0.1, 0.15) is 0 Å². The highest BCUT2D eigenvalue weighted by Gasteiger charge is 2.29. The molecule has 0 aromatic heterocycles. The normalized spacial score (nSPS) is 25.5. The lowest BCUT2D eigenvalue weighted by Crippen LogP contribution is -2.46. The Balaban J connectivity index is 1.71. The fourth-order valence-electron chi connectivity index (χ4n) is 2.95. The van der Waals surface area contributed by atoms with Gasteiger partial charge in [0, 0.05) is 19.1 Å². The van der Waals surface area contributed by atoms with E-state index in [4.69, 9.17) is 0 Å². The number of sulfonamides is 1. The number of amides is 1. The molecule has 0 aromatic carbocycles. The molecular formula is C14H27N3O3S. The van der Waals surface area contributed by atoms with Crippen LogP contribution in [0.25, 0.3) is 0 Å². The van der Waals surface area contributed by atoms with Crippen molar-refractivity contribution < 1.29 is 13.2 Å². The second kappa shape index (κ2) is 7.07. The first-order valence-corrected chi connectivity index (χ1v) is 9.69. The molecule has 1 saturated carbocycles. The molecule has 122 valence electrons. The van der Waals surface area contributed by atoms with Gasteiger partial charge in [-0.2, -0.15) is 0 Å². The highest BCUT2D eigenvalue weighted by molar-refractivity contribution is 7.88. The second-order valence-electron chi connectivity index (χ2n) is 6.56. The maximum atomic E-state index is 12.0. The van der Waals surface area contributed by atoms with E-state index in [9.17, 15) is 13.2 Å². The predicted molar refractivity (Wildman–Crippen MR) is 82.3 cm³/mol. The summed E-state index contributed by atoms with van der Waals surface area (Å²) >= 11 is 0. The fraction of sp³-hybridized carbons (Fsp3) is 0.929. The first-order chi connectivity index (χ1) is 9.83. The zero-order valence-electron chi connectivity index (χ0n) is 13.0. The highest BCUT2D eigenvalue weighted by atomic mass is 32.2. The molecule has 1 amide bonds. The zero-order valence-corrected chi connectivity index (χ0v) is 13.8. The minimum atomic E-state index is -3.13. The summed E-state index contributed by atoms with van der Waals surface area (Å²) in [7, 11) is -3.13. The summed E-state index contributed by atoms with van der Waals surface area (Å²) in [5.41, 5.74) is 0. The maximum Gasteiger partial charge on any atom is 0.234 e. The molecule has 0 radical (unpaired) electrons. The molecule has 2 aliphatic rings. The second-order valence-corrected chi connectivity index (χ2v) is 8.39. The minimum Gasteiger partial charge on any atom is -0.352 e. The van der Waals surface area contributed by atoms with Crippen molar-refractivity contribution in [2.75, 3.05) is 32.4 Å². The molecule has 2 N–H and O–H groups in total. The van der Waals surface area contributed by atoms with E-state index in [1.54, 1.807) is 0 Å². The van der Waals surface area contributed by atoms with E-state index in [1.165, 1.54) is 19.1 Å². The van der Waals surface area contributed by atoms with Crippen LogP contribution in [0.4, 0.5) is 0 Å². The fourth-order valence-corrected chi connectivity index (χ4v) is 3.49. The van der Waals surface area contributed by atoms with Crippen LogP contribution < -0.4 is 10.0 Å². The average Bonchev–Trinajstić information content (AvgIpc) is 3.20. The quantitative estimate of drug-likeness (QED) is 0.701. The summed E-state index contributed by atoms with van der Waals surface area (Å²) in [4.78, 5) is 14.1. The number of nitrogens with one attached hydrogen (secondary N) is 2. The lowest BCUT2D eigenvalue weighted by atomic mass is 9.98. The summed E-state index contributed by atoms with van der Waals surface area (Å²) in [6.45, 7) is 4.67. The molecular weight excluding hydrogens is 290 g/mol. The molecule has 1 aliphatic carbocycles. The molecule has 1 aliphatic heterocycles. The van der Waals surface area contributed by atoms with Crippen LogP contribution in [-0.2, 0) is 14.8 Å². The number of likely N-dealkylation sites (tertiary alicyclic amines) is 1. The molecule has 2 atom stereocenters. The lowest BCUT2D eigenvalue weighted by Gasteiger charge is -2.32. The Hall–Kier alpha value is -0.660. The Morgan fingerprint density at radius 2 is 2.05 bits per heavy atom. The van der Waals surface area contributed by atoms with Gasteiger partial charge in [-0.3, -0.25) is 9.69 Å². The van der Waals surface area contributed by atoms with E-state index in [1.807, 2.05) is 0 Å². The summed E-state index contributed by atoms with van der Waals surface area (Å²) < 4.78 is 24.8. The van der Waals surface area contributed by atoms with Crippen LogP contribution in [0.5, 0.6) is 0 Å². The molecule has 0 bridgehead atoms. The van der Waals surface area contributed by atoms with Gasteiger partial charge >= 0.3 is 0 Å². The van der Waals surface area contributed by atoms with Crippen LogP contribution in [-0.4, -0.2) is 57.7 Å². The van der Waals surface area contributed by atoms with Crippen molar-refractivity contribution in [2.45, 2.75) is 38.6 Å². The molecule has 0 aromatic rings. The summed E-state index contributed by atoms with van der Waals surface area (Å²) in [6, 6.07) is 0.282. The first kappa shape index (κ1) is 16.7. The number of nitrogens with zero attached hydrogens (tertiary/aromatic N) is 1. The number of rotatable bonds is 7. The molecule has 2 rings (SSSR count). The van der Waals surface area contributed by atoms with Gasteiger partial charge in [0.2, 0.25) is 15.9 Å². The number of hydrogen-bond donors (Lipinski definition) is 2. The van der Waals surface area contributed by atoms with Crippen LogP contribution >= 0.6 is 0 Å². The number of carbonyl (C=O) groups is 1. The van der Waals surface area contributed by atoms with Crippen LogP contribution in [0.1, 0.15) is 32.6 Å². The van der Waals surface area contributed by atoms with Crippen molar-refractivity contribution >= 4 is 15.9 Å². The van der Waals surface area contributed by atoms with Gasteiger partial charge in [-0.1, -0.05) is 0 Å². The third-order valence-electron chi connectivity index (χ3n) is 4.32. The lowest BCUT2D eigenvalue weighted by molar-refractivity contribution is -0.123. The van der Waals surface area contributed by atoms with E-state index in [0.717, 1.165) is 25.9 Å². The van der Waals surface area contributed by atoms with Crippen LogP contribution in [0.15, 0.2) is 0 Å². The molecule has 21 heavy (non-hydrogen) atoms. The van der Waals surface area contributed by atoms with Gasteiger partial charge in [0.05, 0.1) is 12.8 Å². The van der Waals surface area contributed by atoms with Gasteiger partial charge in [0.25, 0.3) is 0 Å². The van der Waals surface area contributed by atoms with E-state index < -0.39 is 10.0 Å². The Labute approximate surface area is 127 Å². The number of hydrogen-bond acceptors (Lipinski definition) is 4. The van der Waals surface area contributed by atoms with Crippen molar-refractivity contribution in [1.82, 2.24) is 14.9 Å². The van der Waals surface area contributed by atoms with Gasteiger partial charge in [-0.25, -0.2) is 13.1 Å². The van der Waals surface area contributed by atoms with E-state index in [-0.39, 0.29) is 11.9 Å². The molecule has 0 spiro atoms. The average molecular weight is 317 g/mol. The van der Waals surface area contributed by atoms with Crippen molar-refractivity contribution in [3.05, 3.63) is 0 Å². The van der Waals surface area contributed by atoms with Crippen LogP contribution in [0.3, 0.4) is 0 Å². The number of piperidine rings is 1. The topological polar surface area (TPSA) is 78.5 Å². The van der Waals surface area contributed by atoms with Gasteiger partial charge in [0.15, 0.2) is 0 Å². The van der Waals surface area contributed by atoms with Crippen LogP contribution in [0.2, 0.25) is 0 Å². The third-order valence-corrected chi connectivity index (χ3v) is 5.01. The van der Waals surface area contributed by atoms with E-state index in [0.29, 0.717) is 24.9 Å². The molecule has 6 nitrogen and oxygen atoms in total. The van der Waals surface area contributed by atoms with Gasteiger partial charge in [-0.15, -0.1) is 0 Å². The molecule has 2 fully saturated rings. The number of carbonyl (C=O) groups excluding carboxylic acids is 1. The van der Waals surface area contributed by atoms with Crippen molar-refractivity contribution in [3.8, 4) is 0 Å². The Morgan fingerprint density at radius 1 is 1.33 bits per heavy atom. The van der Waals surface area contributed by atoms with E-state index in [2.05, 4.69) is 21.9 Å². The summed E-state index contributed by atoms with van der Waals surface area (Å²) in [6.07, 6.45) is 5.66. The Bertz CT molecular complexity index is 462. The SMILES string of the molecule is CC(NC(=O)CN1CCCC(CNS(C)(=O)=O)C1)C1CC1. The van der Waals surface area contributed by atoms with Crippen LogP contribution in [0, 0.1) is 11.8 Å². The smallest absolute Gasteiger partial charge is 0.234 e. The highest BCUT2D eigenvalue weighted by Crippen LogP contribution is 2.32. The Morgan fingerprint density at radius 3 is 2.67 bits per heavy atom. The summed E-state index contributed by atoms with van der Waals surface area (Å²) in [5.74, 6) is 1.05. The van der Waals surface area contributed by atoms with Crippen molar-refractivity contribution in [2.24, 2.45) is 11.8 Å². The monoisotopic (exact) mass is 317 g/mol. The zero-order chi connectivity index (χ0) is 15.5. The Kier molecular flexibility index (Phi) is 5.62. The molecule has 1 saturated heterocycles. The molecule has 2 unspecified atom stereocenters.